The fourth-order valence-electron chi connectivity index (χ4n) is 2.27. The number of morpholine rings is 1. The number of rotatable bonds is 2. The molecule has 2 nitrogen and oxygen atoms in total. The van der Waals surface area contributed by atoms with Crippen LogP contribution < -0.4 is 5.32 Å². The molecule has 0 spiro atoms. The highest BCUT2D eigenvalue weighted by molar-refractivity contribution is 5.27. The lowest BCUT2D eigenvalue weighted by atomic mass is 9.86. The van der Waals surface area contributed by atoms with Gasteiger partial charge in [-0.2, -0.15) is 0 Å². The van der Waals surface area contributed by atoms with Crippen LogP contribution in [0.2, 0.25) is 0 Å². The van der Waals surface area contributed by atoms with Gasteiger partial charge in [-0.25, -0.2) is 0 Å². The lowest BCUT2D eigenvalue weighted by Crippen LogP contribution is -2.45. The van der Waals surface area contributed by atoms with Crippen LogP contribution in [0.25, 0.3) is 0 Å². The topological polar surface area (TPSA) is 21.3 Å². The van der Waals surface area contributed by atoms with E-state index in [1.165, 1.54) is 11.1 Å². The van der Waals surface area contributed by atoms with Crippen LogP contribution in [0.3, 0.4) is 0 Å². The van der Waals surface area contributed by atoms with E-state index in [2.05, 4.69) is 57.3 Å². The fourth-order valence-corrected chi connectivity index (χ4v) is 2.27. The molecule has 2 heteroatoms. The molecule has 1 heterocycles. The second-order valence-electron chi connectivity index (χ2n) is 6.42. The summed E-state index contributed by atoms with van der Waals surface area (Å²) in [4.78, 5) is 0. The molecule has 1 saturated heterocycles. The molecule has 0 saturated carbocycles. The van der Waals surface area contributed by atoms with E-state index in [0.717, 1.165) is 19.6 Å². The van der Waals surface area contributed by atoms with E-state index in [-0.39, 0.29) is 5.41 Å². The van der Waals surface area contributed by atoms with Crippen molar-refractivity contribution in [2.24, 2.45) is 0 Å². The van der Waals surface area contributed by atoms with Gasteiger partial charge in [-0.1, -0.05) is 45.0 Å². The Morgan fingerprint density at radius 3 is 2.39 bits per heavy atom. The summed E-state index contributed by atoms with van der Waals surface area (Å²) in [5, 5.41) is 3.46. The van der Waals surface area contributed by atoms with Gasteiger partial charge < -0.3 is 10.1 Å². The molecule has 1 aliphatic heterocycles. The van der Waals surface area contributed by atoms with Crippen molar-refractivity contribution >= 4 is 0 Å². The minimum Gasteiger partial charge on any atom is -0.375 e. The van der Waals surface area contributed by atoms with E-state index in [1.54, 1.807) is 0 Å². The molecule has 0 amide bonds. The first-order valence-corrected chi connectivity index (χ1v) is 6.89. The van der Waals surface area contributed by atoms with E-state index in [1.807, 2.05) is 0 Å². The van der Waals surface area contributed by atoms with Crippen molar-refractivity contribution in [3.63, 3.8) is 0 Å². The van der Waals surface area contributed by atoms with E-state index in [4.69, 9.17) is 4.74 Å². The highest BCUT2D eigenvalue weighted by Gasteiger charge is 2.18. The van der Waals surface area contributed by atoms with Crippen molar-refractivity contribution in [2.45, 2.75) is 51.7 Å². The first kappa shape index (κ1) is 13.6. The molecule has 18 heavy (non-hydrogen) atoms. The van der Waals surface area contributed by atoms with Crippen LogP contribution in [-0.2, 0) is 16.6 Å². The van der Waals surface area contributed by atoms with Gasteiger partial charge in [0.2, 0.25) is 0 Å². The molecule has 0 bridgehead atoms. The Kier molecular flexibility index (Phi) is 4.08. The molecule has 2 rings (SSSR count). The Bertz CT molecular complexity index is 369. The molecule has 1 aliphatic rings. The van der Waals surface area contributed by atoms with Crippen LogP contribution in [0.5, 0.6) is 0 Å². The number of nitrogens with one attached hydrogen (secondary N) is 1. The van der Waals surface area contributed by atoms with Gasteiger partial charge in [0, 0.05) is 12.6 Å². The molecule has 2 unspecified atom stereocenters. The minimum absolute atomic E-state index is 0.233. The quantitative estimate of drug-likeness (QED) is 0.867. The van der Waals surface area contributed by atoms with E-state index in [9.17, 15) is 0 Å². The number of benzene rings is 1. The zero-order chi connectivity index (χ0) is 13.2. The standard InChI is InChI=1S/C16H25NO/c1-12-11-18-15(10-17-12)9-13-5-7-14(8-6-13)16(2,3)4/h5-8,12,15,17H,9-11H2,1-4H3. The summed E-state index contributed by atoms with van der Waals surface area (Å²) >= 11 is 0. The van der Waals surface area contributed by atoms with Crippen molar-refractivity contribution in [3.8, 4) is 0 Å². The maximum atomic E-state index is 5.83. The zero-order valence-corrected chi connectivity index (χ0v) is 12.0. The van der Waals surface area contributed by atoms with Gasteiger partial charge in [-0.05, 0) is 29.9 Å². The SMILES string of the molecule is CC1COC(Cc2ccc(C(C)(C)C)cc2)CN1. The Morgan fingerprint density at radius 2 is 1.89 bits per heavy atom. The lowest BCUT2D eigenvalue weighted by molar-refractivity contribution is 0.00881. The van der Waals surface area contributed by atoms with Gasteiger partial charge in [0.25, 0.3) is 0 Å². The van der Waals surface area contributed by atoms with Gasteiger partial charge in [0.05, 0.1) is 12.7 Å². The maximum absolute atomic E-state index is 5.83. The largest absolute Gasteiger partial charge is 0.375 e. The Hall–Kier alpha value is -0.860. The zero-order valence-electron chi connectivity index (χ0n) is 12.0. The Labute approximate surface area is 111 Å². The molecule has 1 N–H and O–H groups in total. The van der Waals surface area contributed by atoms with Gasteiger partial charge in [-0.15, -0.1) is 0 Å². The lowest BCUT2D eigenvalue weighted by Gasteiger charge is -2.28. The number of hydrogen-bond donors (Lipinski definition) is 1. The summed E-state index contributed by atoms with van der Waals surface area (Å²) in [6.07, 6.45) is 1.33. The first-order valence-electron chi connectivity index (χ1n) is 6.89. The molecular weight excluding hydrogens is 222 g/mol. The van der Waals surface area contributed by atoms with Crippen LogP contribution >= 0.6 is 0 Å². The third-order valence-electron chi connectivity index (χ3n) is 3.56. The average molecular weight is 247 g/mol. The van der Waals surface area contributed by atoms with E-state index >= 15 is 0 Å². The second-order valence-corrected chi connectivity index (χ2v) is 6.42. The molecule has 100 valence electrons. The predicted octanol–water partition coefficient (Wildman–Crippen LogP) is 2.90. The third kappa shape index (κ3) is 3.56. The van der Waals surface area contributed by atoms with Crippen molar-refractivity contribution in [3.05, 3.63) is 35.4 Å². The molecule has 2 atom stereocenters. The van der Waals surface area contributed by atoms with Gasteiger partial charge in [0.15, 0.2) is 0 Å². The molecule has 1 aromatic carbocycles. The average Bonchev–Trinajstić information content (AvgIpc) is 2.32. The summed E-state index contributed by atoms with van der Waals surface area (Å²) in [5.74, 6) is 0. The van der Waals surface area contributed by atoms with Crippen molar-refractivity contribution in [2.75, 3.05) is 13.2 Å². The second kappa shape index (κ2) is 5.41. The summed E-state index contributed by atoms with van der Waals surface area (Å²) in [6, 6.07) is 9.45. The van der Waals surface area contributed by atoms with Crippen LogP contribution in [0, 0.1) is 0 Å². The summed E-state index contributed by atoms with van der Waals surface area (Å²) in [5.41, 5.74) is 2.99. The minimum atomic E-state index is 0.233. The monoisotopic (exact) mass is 247 g/mol. The van der Waals surface area contributed by atoms with Crippen LogP contribution in [0.15, 0.2) is 24.3 Å². The maximum Gasteiger partial charge on any atom is 0.0740 e. The van der Waals surface area contributed by atoms with Crippen LogP contribution in [0.4, 0.5) is 0 Å². The predicted molar refractivity (Wildman–Crippen MR) is 76.1 cm³/mol. The van der Waals surface area contributed by atoms with Gasteiger partial charge in [-0.3, -0.25) is 0 Å². The normalized spacial score (nSPS) is 25.1. The van der Waals surface area contributed by atoms with Crippen molar-refractivity contribution in [1.82, 2.24) is 5.32 Å². The van der Waals surface area contributed by atoms with E-state index in [0.29, 0.717) is 12.1 Å². The van der Waals surface area contributed by atoms with Gasteiger partial charge in [0.1, 0.15) is 0 Å². The number of hydrogen-bond acceptors (Lipinski definition) is 2. The Morgan fingerprint density at radius 1 is 1.22 bits per heavy atom. The summed E-state index contributed by atoms with van der Waals surface area (Å²) < 4.78 is 5.83. The molecule has 1 fully saturated rings. The highest BCUT2D eigenvalue weighted by atomic mass is 16.5. The third-order valence-corrected chi connectivity index (χ3v) is 3.56. The summed E-state index contributed by atoms with van der Waals surface area (Å²) in [7, 11) is 0. The van der Waals surface area contributed by atoms with Crippen molar-refractivity contribution < 1.29 is 4.74 Å². The van der Waals surface area contributed by atoms with Gasteiger partial charge >= 0.3 is 0 Å². The molecule has 0 aliphatic carbocycles. The smallest absolute Gasteiger partial charge is 0.0740 e. The fraction of sp³-hybridized carbons (Fsp3) is 0.625. The van der Waals surface area contributed by atoms with Crippen LogP contribution in [0.1, 0.15) is 38.8 Å². The highest BCUT2D eigenvalue weighted by Crippen LogP contribution is 2.22. The molecular formula is C16H25NO. The molecule has 0 radical (unpaired) electrons. The first-order chi connectivity index (χ1) is 8.45. The Balaban J connectivity index is 1.94. The van der Waals surface area contributed by atoms with Crippen molar-refractivity contribution in [1.29, 1.82) is 0 Å². The molecule has 0 aromatic heterocycles. The van der Waals surface area contributed by atoms with Crippen LogP contribution in [-0.4, -0.2) is 25.3 Å². The number of ether oxygens (including phenoxy) is 1. The summed E-state index contributed by atoms with van der Waals surface area (Å²) in [6.45, 7) is 10.7. The van der Waals surface area contributed by atoms with E-state index < -0.39 is 0 Å². The molecule has 1 aromatic rings.